The average molecular weight is 417 g/mol. The van der Waals surface area contributed by atoms with Crippen molar-refractivity contribution in [3.05, 3.63) is 35.9 Å². The molecule has 1 N–H and O–H groups in total. The molecule has 0 saturated carbocycles. The van der Waals surface area contributed by atoms with E-state index in [1.807, 2.05) is 7.11 Å². The molecule has 1 aromatic rings. The highest BCUT2D eigenvalue weighted by atomic mass is 19.4. The number of likely N-dealkylation sites (tertiary alicyclic amines) is 1. The Kier molecular flexibility index (Phi) is 9.39. The van der Waals surface area contributed by atoms with Crippen LogP contribution < -0.4 is 0 Å². The molecule has 0 aromatic heterocycles. The van der Waals surface area contributed by atoms with Gasteiger partial charge in [-0.25, -0.2) is 4.79 Å². The predicted molar refractivity (Wildman–Crippen MR) is 103 cm³/mol. The van der Waals surface area contributed by atoms with Crippen LogP contribution in [0.2, 0.25) is 0 Å². The lowest BCUT2D eigenvalue weighted by Crippen LogP contribution is -2.46. The molecule has 2 heterocycles. The lowest BCUT2D eigenvalue weighted by molar-refractivity contribution is -0.192. The molecule has 0 bridgehead atoms. The van der Waals surface area contributed by atoms with Gasteiger partial charge in [0.05, 0.1) is 6.10 Å². The Bertz CT molecular complexity index is 606. The summed E-state index contributed by atoms with van der Waals surface area (Å²) >= 11 is 0. The third-order valence-electron chi connectivity index (χ3n) is 5.49. The van der Waals surface area contributed by atoms with E-state index >= 15 is 0 Å². The van der Waals surface area contributed by atoms with Gasteiger partial charge in [0.15, 0.2) is 0 Å². The molecular formula is C21H30F3NO4. The molecule has 0 spiro atoms. The van der Waals surface area contributed by atoms with Gasteiger partial charge in [0.1, 0.15) is 0 Å². The second-order valence-corrected chi connectivity index (χ2v) is 7.63. The summed E-state index contributed by atoms with van der Waals surface area (Å²) in [5.41, 5.74) is 1.43. The first-order chi connectivity index (χ1) is 13.8. The van der Waals surface area contributed by atoms with Crippen LogP contribution in [-0.2, 0) is 20.7 Å². The van der Waals surface area contributed by atoms with Crippen molar-refractivity contribution in [1.29, 1.82) is 0 Å². The zero-order chi connectivity index (χ0) is 21.3. The molecule has 2 aliphatic rings. The van der Waals surface area contributed by atoms with Crippen molar-refractivity contribution < 1.29 is 32.5 Å². The molecule has 0 aliphatic carbocycles. The van der Waals surface area contributed by atoms with Crippen LogP contribution in [0.25, 0.3) is 0 Å². The number of carboxylic acid groups (broad SMARTS) is 1. The molecular weight excluding hydrogens is 387 g/mol. The van der Waals surface area contributed by atoms with E-state index in [-0.39, 0.29) is 0 Å². The fourth-order valence-corrected chi connectivity index (χ4v) is 3.97. The van der Waals surface area contributed by atoms with E-state index in [2.05, 4.69) is 35.2 Å². The lowest BCUT2D eigenvalue weighted by atomic mass is 9.87. The second kappa shape index (κ2) is 11.5. The van der Waals surface area contributed by atoms with Crippen molar-refractivity contribution in [3.63, 3.8) is 0 Å². The van der Waals surface area contributed by atoms with E-state index in [0.717, 1.165) is 32.0 Å². The van der Waals surface area contributed by atoms with Crippen molar-refractivity contribution in [2.75, 3.05) is 40.0 Å². The highest BCUT2D eigenvalue weighted by molar-refractivity contribution is 5.73. The Hall–Kier alpha value is -1.64. The molecule has 2 saturated heterocycles. The van der Waals surface area contributed by atoms with Crippen molar-refractivity contribution in [1.82, 2.24) is 4.90 Å². The van der Waals surface area contributed by atoms with Crippen LogP contribution in [0.15, 0.2) is 30.3 Å². The van der Waals surface area contributed by atoms with Gasteiger partial charge in [-0.3, -0.25) is 0 Å². The van der Waals surface area contributed by atoms with E-state index < -0.39 is 12.1 Å². The SMILES string of the molecule is CO[C@@H]1CCN(CC2CCOCC2)C[C@@H]1Cc1ccccc1.O=C(O)C(F)(F)F. The number of aliphatic carboxylic acids is 1. The number of piperidine rings is 1. The summed E-state index contributed by atoms with van der Waals surface area (Å²) in [4.78, 5) is 11.6. The van der Waals surface area contributed by atoms with Gasteiger partial charge in [0.2, 0.25) is 0 Å². The molecule has 3 rings (SSSR count). The number of hydrogen-bond acceptors (Lipinski definition) is 4. The minimum atomic E-state index is -5.08. The zero-order valence-electron chi connectivity index (χ0n) is 16.7. The normalized spacial score (nSPS) is 23.9. The van der Waals surface area contributed by atoms with Crippen LogP contribution in [0.1, 0.15) is 24.8 Å². The molecule has 0 amide bonds. The van der Waals surface area contributed by atoms with Crippen LogP contribution in [0, 0.1) is 11.8 Å². The third kappa shape index (κ3) is 8.32. The van der Waals surface area contributed by atoms with Crippen LogP contribution in [-0.4, -0.2) is 68.2 Å². The van der Waals surface area contributed by atoms with E-state index in [4.69, 9.17) is 19.4 Å². The van der Waals surface area contributed by atoms with Gasteiger partial charge in [-0.2, -0.15) is 13.2 Å². The summed E-state index contributed by atoms with van der Waals surface area (Å²) in [6, 6.07) is 10.9. The average Bonchev–Trinajstić information content (AvgIpc) is 2.70. The Morgan fingerprint density at radius 2 is 1.83 bits per heavy atom. The molecule has 2 fully saturated rings. The molecule has 1 aromatic carbocycles. The lowest BCUT2D eigenvalue weighted by Gasteiger charge is -2.40. The fraction of sp³-hybridized carbons (Fsp3) is 0.667. The Balaban J connectivity index is 0.000000370. The summed E-state index contributed by atoms with van der Waals surface area (Å²) in [7, 11) is 1.87. The standard InChI is InChI=1S/C19H29NO2.C2HF3O2/c1-21-19-7-10-20(14-17-8-11-22-12-9-17)15-18(19)13-16-5-3-2-4-6-16;3-2(4,5)1(6)7/h2-6,17-19H,7-15H2,1H3;(H,6,7)/t18-,19+;/m0./s1. The van der Waals surface area contributed by atoms with E-state index in [9.17, 15) is 13.2 Å². The third-order valence-corrected chi connectivity index (χ3v) is 5.49. The molecule has 2 atom stereocenters. The highest BCUT2D eigenvalue weighted by Gasteiger charge is 2.38. The molecule has 29 heavy (non-hydrogen) atoms. The second-order valence-electron chi connectivity index (χ2n) is 7.63. The van der Waals surface area contributed by atoms with Gasteiger partial charge < -0.3 is 19.5 Å². The quantitative estimate of drug-likeness (QED) is 0.793. The summed E-state index contributed by atoms with van der Waals surface area (Å²) in [6.07, 6.45) is 0.0771. The van der Waals surface area contributed by atoms with Crippen molar-refractivity contribution in [2.45, 2.75) is 38.0 Å². The first-order valence-electron chi connectivity index (χ1n) is 9.96. The van der Waals surface area contributed by atoms with Crippen molar-refractivity contribution >= 4 is 5.97 Å². The molecule has 0 radical (unpaired) electrons. The first kappa shape index (κ1) is 23.6. The van der Waals surface area contributed by atoms with E-state index in [1.165, 1.54) is 38.0 Å². The number of methoxy groups -OCH3 is 1. The summed E-state index contributed by atoms with van der Waals surface area (Å²) < 4.78 is 43.0. The van der Waals surface area contributed by atoms with E-state index in [1.54, 1.807) is 0 Å². The number of ether oxygens (including phenoxy) is 2. The maximum atomic E-state index is 10.6. The summed E-state index contributed by atoms with van der Waals surface area (Å²) in [6.45, 7) is 5.50. The predicted octanol–water partition coefficient (Wildman–Crippen LogP) is 3.63. The minimum Gasteiger partial charge on any atom is -0.475 e. The number of benzene rings is 1. The number of halogens is 3. The van der Waals surface area contributed by atoms with Gasteiger partial charge in [-0.15, -0.1) is 0 Å². The van der Waals surface area contributed by atoms with Crippen LogP contribution >= 0.6 is 0 Å². The minimum absolute atomic E-state index is 0.408. The Labute approximate surface area is 169 Å². The maximum Gasteiger partial charge on any atom is 0.490 e. The number of alkyl halides is 3. The summed E-state index contributed by atoms with van der Waals surface area (Å²) in [5, 5.41) is 7.12. The van der Waals surface area contributed by atoms with Crippen LogP contribution in [0.5, 0.6) is 0 Å². The van der Waals surface area contributed by atoms with Gasteiger partial charge in [0, 0.05) is 45.9 Å². The number of nitrogens with zero attached hydrogens (tertiary/aromatic N) is 1. The molecule has 8 heteroatoms. The molecule has 164 valence electrons. The van der Waals surface area contributed by atoms with E-state index in [0.29, 0.717) is 12.0 Å². The smallest absolute Gasteiger partial charge is 0.475 e. The highest BCUT2D eigenvalue weighted by Crippen LogP contribution is 2.26. The summed E-state index contributed by atoms with van der Waals surface area (Å²) in [5.74, 6) is -1.32. The van der Waals surface area contributed by atoms with Gasteiger partial charge in [0.25, 0.3) is 0 Å². The molecule has 5 nitrogen and oxygen atoms in total. The van der Waals surface area contributed by atoms with Gasteiger partial charge in [-0.1, -0.05) is 30.3 Å². The molecule has 0 unspecified atom stereocenters. The van der Waals surface area contributed by atoms with Crippen molar-refractivity contribution in [3.8, 4) is 0 Å². The Morgan fingerprint density at radius 1 is 1.21 bits per heavy atom. The monoisotopic (exact) mass is 417 g/mol. The Morgan fingerprint density at radius 3 is 2.38 bits per heavy atom. The largest absolute Gasteiger partial charge is 0.490 e. The van der Waals surface area contributed by atoms with Crippen LogP contribution in [0.4, 0.5) is 13.2 Å². The fourth-order valence-electron chi connectivity index (χ4n) is 3.97. The van der Waals surface area contributed by atoms with Crippen LogP contribution in [0.3, 0.4) is 0 Å². The number of carboxylic acids is 1. The van der Waals surface area contributed by atoms with Gasteiger partial charge >= 0.3 is 12.1 Å². The molecule has 2 aliphatic heterocycles. The van der Waals surface area contributed by atoms with Gasteiger partial charge in [-0.05, 0) is 37.2 Å². The number of hydrogen-bond donors (Lipinski definition) is 1. The maximum absolute atomic E-state index is 10.6. The first-order valence-corrected chi connectivity index (χ1v) is 9.96. The van der Waals surface area contributed by atoms with Crippen molar-refractivity contribution in [2.24, 2.45) is 11.8 Å². The topological polar surface area (TPSA) is 59.0 Å². The zero-order valence-corrected chi connectivity index (χ0v) is 16.7. The number of carbonyl (C=O) groups is 1. The number of rotatable bonds is 5.